The van der Waals surface area contributed by atoms with Crippen molar-refractivity contribution >= 4 is 27.3 Å². The average Bonchev–Trinajstić information content (AvgIpc) is 2.37. The van der Waals surface area contributed by atoms with E-state index in [1.165, 1.54) is 18.9 Å². The molecular formula is C14H19BrN2O2. The number of benzene rings is 1. The lowest BCUT2D eigenvalue weighted by Gasteiger charge is -2.35. The molecule has 5 heteroatoms. The van der Waals surface area contributed by atoms with Crippen LogP contribution in [0.1, 0.15) is 33.1 Å². The predicted octanol–water partition coefficient (Wildman–Crippen LogP) is 4.59. The smallest absolute Gasteiger partial charge is 0.271 e. The normalized spacial score (nSPS) is 27.0. The number of nitro benzene ring substituents is 1. The lowest BCUT2D eigenvalue weighted by atomic mass is 9.78. The molecule has 0 aromatic heterocycles. The molecule has 3 unspecified atom stereocenters. The van der Waals surface area contributed by atoms with Crippen molar-refractivity contribution in [1.82, 2.24) is 0 Å². The third-order valence-electron chi connectivity index (χ3n) is 4.21. The number of nitro groups is 1. The first kappa shape index (κ1) is 14.3. The second-order valence-corrected chi connectivity index (χ2v) is 6.29. The van der Waals surface area contributed by atoms with Crippen LogP contribution in [-0.4, -0.2) is 11.0 Å². The van der Waals surface area contributed by atoms with Gasteiger partial charge < -0.3 is 5.32 Å². The summed E-state index contributed by atoms with van der Waals surface area (Å²) >= 11 is 3.46. The number of hydrogen-bond donors (Lipinski definition) is 1. The Balaban J connectivity index is 2.18. The van der Waals surface area contributed by atoms with E-state index in [-0.39, 0.29) is 10.6 Å². The molecule has 1 N–H and O–H groups in total. The Morgan fingerprint density at radius 2 is 2.11 bits per heavy atom. The summed E-state index contributed by atoms with van der Waals surface area (Å²) in [6.45, 7) is 4.54. The monoisotopic (exact) mass is 326 g/mol. The second kappa shape index (κ2) is 5.90. The summed E-state index contributed by atoms with van der Waals surface area (Å²) in [6, 6.07) is 5.25. The van der Waals surface area contributed by atoms with Crippen LogP contribution in [0.5, 0.6) is 0 Å². The highest BCUT2D eigenvalue weighted by atomic mass is 79.9. The fraction of sp³-hybridized carbons (Fsp3) is 0.571. The molecule has 1 saturated carbocycles. The maximum absolute atomic E-state index is 10.8. The number of non-ortho nitro benzene ring substituents is 1. The van der Waals surface area contributed by atoms with Crippen LogP contribution in [-0.2, 0) is 0 Å². The molecule has 4 nitrogen and oxygen atoms in total. The van der Waals surface area contributed by atoms with Gasteiger partial charge in [0.2, 0.25) is 0 Å². The van der Waals surface area contributed by atoms with Gasteiger partial charge in [0.25, 0.3) is 5.69 Å². The van der Waals surface area contributed by atoms with Gasteiger partial charge in [0, 0.05) is 22.6 Å². The molecule has 0 saturated heterocycles. The molecule has 19 heavy (non-hydrogen) atoms. The quantitative estimate of drug-likeness (QED) is 0.652. The number of hydrogen-bond acceptors (Lipinski definition) is 3. The van der Waals surface area contributed by atoms with Gasteiger partial charge in [-0.3, -0.25) is 10.1 Å². The van der Waals surface area contributed by atoms with Crippen molar-refractivity contribution in [2.75, 3.05) is 5.32 Å². The van der Waals surface area contributed by atoms with E-state index < -0.39 is 0 Å². The lowest BCUT2D eigenvalue weighted by molar-refractivity contribution is -0.384. The van der Waals surface area contributed by atoms with Gasteiger partial charge in [0.15, 0.2) is 0 Å². The highest BCUT2D eigenvalue weighted by Crippen LogP contribution is 2.34. The van der Waals surface area contributed by atoms with E-state index >= 15 is 0 Å². The molecule has 0 aliphatic heterocycles. The third kappa shape index (κ3) is 3.26. The highest BCUT2D eigenvalue weighted by Gasteiger charge is 2.27. The van der Waals surface area contributed by atoms with Crippen LogP contribution >= 0.6 is 15.9 Å². The Kier molecular flexibility index (Phi) is 4.45. The molecule has 0 spiro atoms. The topological polar surface area (TPSA) is 55.2 Å². The second-order valence-electron chi connectivity index (χ2n) is 5.44. The van der Waals surface area contributed by atoms with E-state index in [2.05, 4.69) is 35.1 Å². The molecule has 0 bridgehead atoms. The van der Waals surface area contributed by atoms with E-state index in [0.717, 1.165) is 16.6 Å². The van der Waals surface area contributed by atoms with Crippen LogP contribution in [0.15, 0.2) is 22.7 Å². The Morgan fingerprint density at radius 3 is 2.79 bits per heavy atom. The molecule has 0 radical (unpaired) electrons. The van der Waals surface area contributed by atoms with E-state index in [1.807, 2.05) is 0 Å². The molecule has 1 aliphatic carbocycles. The minimum atomic E-state index is -0.357. The first-order valence-corrected chi connectivity index (χ1v) is 7.49. The van der Waals surface area contributed by atoms with E-state index in [4.69, 9.17) is 0 Å². The maximum atomic E-state index is 10.8. The summed E-state index contributed by atoms with van der Waals surface area (Å²) < 4.78 is 0.878. The van der Waals surface area contributed by atoms with Crippen molar-refractivity contribution in [3.8, 4) is 0 Å². The van der Waals surface area contributed by atoms with Crippen LogP contribution < -0.4 is 5.32 Å². The highest BCUT2D eigenvalue weighted by molar-refractivity contribution is 9.10. The standard InChI is InChI=1S/C14H19BrN2O2/c1-9-4-3-5-13(10(9)2)16-14-8-11(17(18)19)6-7-12(14)15/h6-10,13,16H,3-5H2,1-2H3. The molecule has 3 atom stereocenters. The van der Waals surface area contributed by atoms with Crippen LogP contribution in [0.4, 0.5) is 11.4 Å². The van der Waals surface area contributed by atoms with Crippen molar-refractivity contribution < 1.29 is 4.92 Å². The predicted molar refractivity (Wildman–Crippen MR) is 80.4 cm³/mol. The Morgan fingerprint density at radius 1 is 1.37 bits per heavy atom. The van der Waals surface area contributed by atoms with Gasteiger partial charge in [-0.25, -0.2) is 0 Å². The maximum Gasteiger partial charge on any atom is 0.271 e. The van der Waals surface area contributed by atoms with E-state index in [9.17, 15) is 10.1 Å². The van der Waals surface area contributed by atoms with Crippen LogP contribution in [0.25, 0.3) is 0 Å². The zero-order valence-electron chi connectivity index (χ0n) is 11.2. The number of nitrogens with zero attached hydrogens (tertiary/aromatic N) is 1. The summed E-state index contributed by atoms with van der Waals surface area (Å²) in [5, 5.41) is 14.3. The van der Waals surface area contributed by atoms with Gasteiger partial charge in [-0.1, -0.05) is 26.7 Å². The van der Waals surface area contributed by atoms with Crippen molar-refractivity contribution in [3.63, 3.8) is 0 Å². The van der Waals surface area contributed by atoms with Crippen molar-refractivity contribution in [2.45, 2.75) is 39.2 Å². The Bertz CT molecular complexity index is 479. The molecule has 0 amide bonds. The summed E-state index contributed by atoms with van der Waals surface area (Å²) in [5.74, 6) is 1.28. The zero-order valence-corrected chi connectivity index (χ0v) is 12.8. The van der Waals surface area contributed by atoms with Gasteiger partial charge in [-0.2, -0.15) is 0 Å². The van der Waals surface area contributed by atoms with Gasteiger partial charge in [0.05, 0.1) is 10.6 Å². The summed E-state index contributed by atoms with van der Waals surface area (Å²) in [7, 11) is 0. The molecule has 1 aliphatic rings. The van der Waals surface area contributed by atoms with Gasteiger partial charge in [0.1, 0.15) is 0 Å². The molecular weight excluding hydrogens is 308 g/mol. The minimum Gasteiger partial charge on any atom is -0.381 e. The minimum absolute atomic E-state index is 0.127. The van der Waals surface area contributed by atoms with Crippen molar-refractivity contribution in [3.05, 3.63) is 32.8 Å². The fourth-order valence-electron chi connectivity index (χ4n) is 2.72. The molecule has 1 aromatic carbocycles. The van der Waals surface area contributed by atoms with Crippen molar-refractivity contribution in [2.24, 2.45) is 11.8 Å². The fourth-order valence-corrected chi connectivity index (χ4v) is 3.08. The number of rotatable bonds is 3. The Hall–Kier alpha value is -1.10. The van der Waals surface area contributed by atoms with E-state index in [1.54, 1.807) is 12.1 Å². The zero-order chi connectivity index (χ0) is 14.0. The largest absolute Gasteiger partial charge is 0.381 e. The first-order valence-electron chi connectivity index (χ1n) is 6.69. The molecule has 104 valence electrons. The summed E-state index contributed by atoms with van der Waals surface area (Å²) in [6.07, 6.45) is 3.62. The average molecular weight is 327 g/mol. The van der Waals surface area contributed by atoms with Gasteiger partial charge >= 0.3 is 0 Å². The summed E-state index contributed by atoms with van der Waals surface area (Å²) in [4.78, 5) is 10.5. The Labute approximate surface area is 121 Å². The van der Waals surface area contributed by atoms with Gasteiger partial charge in [-0.05, 0) is 40.3 Å². The van der Waals surface area contributed by atoms with Crippen LogP contribution in [0.2, 0.25) is 0 Å². The van der Waals surface area contributed by atoms with Crippen molar-refractivity contribution in [1.29, 1.82) is 0 Å². The van der Waals surface area contributed by atoms with E-state index in [0.29, 0.717) is 17.9 Å². The number of anilines is 1. The number of nitrogens with one attached hydrogen (secondary N) is 1. The molecule has 1 fully saturated rings. The molecule has 0 heterocycles. The molecule has 2 rings (SSSR count). The SMILES string of the molecule is CC1CCCC(Nc2cc([N+](=O)[O-])ccc2Br)C1C. The van der Waals surface area contributed by atoms with Crippen LogP contribution in [0.3, 0.4) is 0 Å². The number of halogens is 1. The van der Waals surface area contributed by atoms with Crippen LogP contribution in [0, 0.1) is 22.0 Å². The first-order chi connectivity index (χ1) is 8.99. The molecule has 1 aromatic rings. The summed E-state index contributed by atoms with van der Waals surface area (Å²) in [5.41, 5.74) is 0.947. The van der Waals surface area contributed by atoms with Gasteiger partial charge in [-0.15, -0.1) is 0 Å². The lowest BCUT2D eigenvalue weighted by Crippen LogP contribution is -2.35. The third-order valence-corrected chi connectivity index (χ3v) is 4.90.